The van der Waals surface area contributed by atoms with E-state index in [1.807, 2.05) is 25.1 Å². The third-order valence-electron chi connectivity index (χ3n) is 2.65. The van der Waals surface area contributed by atoms with Crippen molar-refractivity contribution in [1.29, 1.82) is 0 Å². The number of hydrogen-bond acceptors (Lipinski definition) is 3. The Labute approximate surface area is 87.0 Å². The van der Waals surface area contributed by atoms with Crippen molar-refractivity contribution in [2.75, 3.05) is 11.5 Å². The Morgan fingerprint density at radius 2 is 2.40 bits per heavy atom. The van der Waals surface area contributed by atoms with Crippen LogP contribution in [0, 0.1) is 6.92 Å². The molecule has 5 nitrogen and oxygen atoms in total. The number of amides is 2. The number of nitrogens with zero attached hydrogens (tertiary/aromatic N) is 1. The van der Waals surface area contributed by atoms with Gasteiger partial charge in [-0.3, -0.25) is 10.3 Å². The number of hydrazine groups is 1. The molecule has 0 bridgehead atoms. The number of carbonyl (C=O) groups excluding carboxylic acids is 1. The quantitative estimate of drug-likeness (QED) is 0.657. The topological polar surface area (TPSA) is 53.6 Å². The van der Waals surface area contributed by atoms with Crippen LogP contribution in [0.25, 0.3) is 0 Å². The van der Waals surface area contributed by atoms with E-state index in [0.717, 1.165) is 17.0 Å². The average molecular weight is 205 g/mol. The maximum Gasteiger partial charge on any atom is 0.337 e. The van der Waals surface area contributed by atoms with Crippen LogP contribution >= 0.6 is 0 Å². The standard InChI is InChI=1S/C10H11N3O2/c1-6-2-3-8-7(4-6)13-9(5-15-8)11-12-10(13)14/h2-4,9,11H,5H2,1H3,(H,12,14). The number of benzene rings is 1. The summed E-state index contributed by atoms with van der Waals surface area (Å²) in [6, 6.07) is 5.69. The molecule has 1 unspecified atom stereocenters. The first-order valence-corrected chi connectivity index (χ1v) is 4.84. The Balaban J connectivity index is 2.12. The lowest BCUT2D eigenvalue weighted by atomic mass is 10.1. The second-order valence-corrected chi connectivity index (χ2v) is 3.74. The summed E-state index contributed by atoms with van der Waals surface area (Å²) in [4.78, 5) is 13.3. The first-order valence-electron chi connectivity index (χ1n) is 4.84. The number of fused-ring (bicyclic) bond motifs is 3. The smallest absolute Gasteiger partial charge is 0.337 e. The Hall–Kier alpha value is -1.75. The molecule has 2 aliphatic heterocycles. The van der Waals surface area contributed by atoms with Gasteiger partial charge in [0, 0.05) is 0 Å². The molecule has 1 fully saturated rings. The molecule has 2 heterocycles. The average Bonchev–Trinajstić information content (AvgIpc) is 2.60. The number of anilines is 1. The van der Waals surface area contributed by atoms with Crippen LogP contribution in [0.15, 0.2) is 18.2 Å². The van der Waals surface area contributed by atoms with Gasteiger partial charge in [0.25, 0.3) is 0 Å². The van der Waals surface area contributed by atoms with Crippen molar-refractivity contribution in [3.63, 3.8) is 0 Å². The number of aryl methyl sites for hydroxylation is 1. The monoisotopic (exact) mass is 205 g/mol. The number of nitrogens with one attached hydrogen (secondary N) is 2. The van der Waals surface area contributed by atoms with Gasteiger partial charge in [0.1, 0.15) is 18.5 Å². The van der Waals surface area contributed by atoms with E-state index < -0.39 is 0 Å². The summed E-state index contributed by atoms with van der Waals surface area (Å²) in [7, 11) is 0. The fraction of sp³-hybridized carbons (Fsp3) is 0.300. The number of hydrogen-bond donors (Lipinski definition) is 2. The Morgan fingerprint density at radius 1 is 1.53 bits per heavy atom. The molecule has 78 valence electrons. The van der Waals surface area contributed by atoms with E-state index in [1.54, 1.807) is 4.90 Å². The summed E-state index contributed by atoms with van der Waals surface area (Å²) >= 11 is 0. The maximum atomic E-state index is 11.6. The van der Waals surface area contributed by atoms with Gasteiger partial charge < -0.3 is 4.74 Å². The van der Waals surface area contributed by atoms with Crippen molar-refractivity contribution >= 4 is 11.7 Å². The van der Waals surface area contributed by atoms with Gasteiger partial charge in [-0.15, -0.1) is 0 Å². The van der Waals surface area contributed by atoms with Crippen LogP contribution in [0.5, 0.6) is 5.75 Å². The van der Waals surface area contributed by atoms with Gasteiger partial charge in [-0.1, -0.05) is 6.07 Å². The largest absolute Gasteiger partial charge is 0.488 e. The summed E-state index contributed by atoms with van der Waals surface area (Å²) in [6.45, 7) is 2.46. The molecule has 1 aromatic rings. The fourth-order valence-corrected chi connectivity index (χ4v) is 1.91. The van der Waals surface area contributed by atoms with Crippen molar-refractivity contribution in [2.24, 2.45) is 0 Å². The number of rotatable bonds is 0. The Kier molecular flexibility index (Phi) is 1.63. The highest BCUT2D eigenvalue weighted by Crippen LogP contribution is 2.34. The fourth-order valence-electron chi connectivity index (χ4n) is 1.91. The zero-order valence-electron chi connectivity index (χ0n) is 8.28. The number of urea groups is 1. The summed E-state index contributed by atoms with van der Waals surface area (Å²) < 4.78 is 5.54. The molecule has 0 radical (unpaired) electrons. The van der Waals surface area contributed by atoms with Gasteiger partial charge in [-0.25, -0.2) is 10.2 Å². The van der Waals surface area contributed by atoms with Crippen LogP contribution in [-0.2, 0) is 0 Å². The van der Waals surface area contributed by atoms with Gasteiger partial charge in [-0.05, 0) is 24.6 Å². The molecular weight excluding hydrogens is 194 g/mol. The van der Waals surface area contributed by atoms with Crippen molar-refractivity contribution in [3.8, 4) is 5.75 Å². The molecule has 3 rings (SSSR count). The number of carbonyl (C=O) groups is 1. The lowest BCUT2D eigenvalue weighted by molar-refractivity contribution is 0.245. The van der Waals surface area contributed by atoms with Crippen LogP contribution in [0.1, 0.15) is 5.56 Å². The van der Waals surface area contributed by atoms with Crippen LogP contribution in [0.2, 0.25) is 0 Å². The van der Waals surface area contributed by atoms with E-state index in [0.29, 0.717) is 6.61 Å². The molecule has 15 heavy (non-hydrogen) atoms. The molecule has 0 saturated carbocycles. The molecule has 5 heteroatoms. The van der Waals surface area contributed by atoms with Crippen LogP contribution in [0.3, 0.4) is 0 Å². The van der Waals surface area contributed by atoms with E-state index >= 15 is 0 Å². The zero-order chi connectivity index (χ0) is 10.4. The molecule has 0 spiro atoms. The SMILES string of the molecule is Cc1ccc2c(c1)N1C(=O)NNC1CO2. The Bertz CT molecular complexity index is 433. The van der Waals surface area contributed by atoms with E-state index in [-0.39, 0.29) is 12.2 Å². The molecule has 1 aromatic carbocycles. The molecule has 0 aliphatic carbocycles. The van der Waals surface area contributed by atoms with Crippen molar-refractivity contribution < 1.29 is 9.53 Å². The van der Waals surface area contributed by atoms with Gasteiger partial charge in [0.05, 0.1) is 5.69 Å². The molecule has 1 saturated heterocycles. The first-order chi connectivity index (χ1) is 7.25. The summed E-state index contributed by atoms with van der Waals surface area (Å²) in [6.07, 6.45) is -0.105. The highest BCUT2D eigenvalue weighted by atomic mass is 16.5. The van der Waals surface area contributed by atoms with Crippen molar-refractivity contribution in [1.82, 2.24) is 10.9 Å². The van der Waals surface area contributed by atoms with Crippen molar-refractivity contribution in [3.05, 3.63) is 23.8 Å². The van der Waals surface area contributed by atoms with Crippen LogP contribution in [-0.4, -0.2) is 18.8 Å². The second kappa shape index (κ2) is 2.87. The van der Waals surface area contributed by atoms with Crippen LogP contribution in [0.4, 0.5) is 10.5 Å². The predicted molar refractivity (Wildman–Crippen MR) is 54.6 cm³/mol. The van der Waals surface area contributed by atoms with Gasteiger partial charge in [-0.2, -0.15) is 0 Å². The summed E-state index contributed by atoms with van der Waals surface area (Å²) in [5.74, 6) is 0.760. The molecule has 0 aromatic heterocycles. The van der Waals surface area contributed by atoms with Gasteiger partial charge >= 0.3 is 6.03 Å². The minimum absolute atomic E-state index is 0.105. The zero-order valence-corrected chi connectivity index (χ0v) is 8.28. The Morgan fingerprint density at radius 3 is 3.27 bits per heavy atom. The normalized spacial score (nSPS) is 22.9. The van der Waals surface area contributed by atoms with Gasteiger partial charge in [0.2, 0.25) is 0 Å². The second-order valence-electron chi connectivity index (χ2n) is 3.74. The van der Waals surface area contributed by atoms with E-state index in [2.05, 4.69) is 10.9 Å². The predicted octanol–water partition coefficient (Wildman–Crippen LogP) is 0.748. The third kappa shape index (κ3) is 1.16. The highest BCUT2D eigenvalue weighted by molar-refractivity contribution is 5.96. The molecular formula is C10H11N3O2. The van der Waals surface area contributed by atoms with Crippen LogP contribution < -0.4 is 20.5 Å². The minimum Gasteiger partial charge on any atom is -0.488 e. The first kappa shape index (κ1) is 8.55. The van der Waals surface area contributed by atoms with E-state index in [4.69, 9.17) is 4.74 Å². The minimum atomic E-state index is -0.129. The lowest BCUT2D eigenvalue weighted by Crippen LogP contribution is -2.45. The molecule has 2 amide bonds. The third-order valence-corrected chi connectivity index (χ3v) is 2.65. The number of ether oxygens (including phenoxy) is 1. The van der Waals surface area contributed by atoms with E-state index in [9.17, 15) is 4.79 Å². The molecule has 2 N–H and O–H groups in total. The summed E-state index contributed by atoms with van der Waals surface area (Å²) in [5, 5.41) is 0. The maximum absolute atomic E-state index is 11.6. The molecule has 1 atom stereocenters. The summed E-state index contributed by atoms with van der Waals surface area (Å²) in [5.41, 5.74) is 7.39. The van der Waals surface area contributed by atoms with E-state index in [1.165, 1.54) is 0 Å². The lowest BCUT2D eigenvalue weighted by Gasteiger charge is -2.30. The molecule has 2 aliphatic rings. The highest BCUT2D eigenvalue weighted by Gasteiger charge is 2.37. The van der Waals surface area contributed by atoms with Crippen molar-refractivity contribution in [2.45, 2.75) is 13.1 Å². The van der Waals surface area contributed by atoms with Gasteiger partial charge in [0.15, 0.2) is 0 Å².